The Hall–Kier alpha value is -1.98. The van der Waals surface area contributed by atoms with Crippen LogP contribution in [-0.4, -0.2) is 17.6 Å². The summed E-state index contributed by atoms with van der Waals surface area (Å²) < 4.78 is 0. The van der Waals surface area contributed by atoms with Crippen LogP contribution in [0.2, 0.25) is 5.02 Å². The first-order chi connectivity index (χ1) is 12.0. The zero-order valence-electron chi connectivity index (χ0n) is 14.2. The Morgan fingerprint density at radius 3 is 2.40 bits per heavy atom. The zero-order chi connectivity index (χ0) is 18.2. The minimum Gasteiger partial charge on any atom is -0.351 e. The van der Waals surface area contributed by atoms with Gasteiger partial charge in [0.05, 0.1) is 10.8 Å². The van der Waals surface area contributed by atoms with E-state index in [1.165, 1.54) is 11.8 Å². The topological polar surface area (TPSA) is 58.2 Å². The molecule has 4 nitrogen and oxygen atoms in total. The van der Waals surface area contributed by atoms with Crippen molar-refractivity contribution in [1.82, 2.24) is 5.32 Å². The van der Waals surface area contributed by atoms with E-state index in [2.05, 4.69) is 10.6 Å². The summed E-state index contributed by atoms with van der Waals surface area (Å²) in [5.41, 5.74) is 1.72. The fourth-order valence-corrected chi connectivity index (χ4v) is 3.02. The van der Waals surface area contributed by atoms with Gasteiger partial charge in [0.1, 0.15) is 0 Å². The zero-order valence-corrected chi connectivity index (χ0v) is 15.8. The van der Waals surface area contributed by atoms with Gasteiger partial charge in [-0.25, -0.2) is 0 Å². The van der Waals surface area contributed by atoms with E-state index >= 15 is 0 Å². The second-order valence-electron chi connectivity index (χ2n) is 5.84. The minimum atomic E-state index is -0.0606. The Balaban J connectivity index is 1.78. The van der Waals surface area contributed by atoms with E-state index in [-0.39, 0.29) is 17.7 Å². The first-order valence-corrected chi connectivity index (χ1v) is 9.36. The number of carbonyl (C=O) groups is 2. The summed E-state index contributed by atoms with van der Waals surface area (Å²) in [6.07, 6.45) is 0. The molecule has 0 unspecified atom stereocenters. The molecule has 2 amide bonds. The van der Waals surface area contributed by atoms with Gasteiger partial charge in [-0.1, -0.05) is 49.7 Å². The van der Waals surface area contributed by atoms with Crippen molar-refractivity contribution in [1.29, 1.82) is 0 Å². The van der Waals surface area contributed by atoms with Gasteiger partial charge >= 0.3 is 0 Å². The predicted molar refractivity (Wildman–Crippen MR) is 104 cm³/mol. The third-order valence-electron chi connectivity index (χ3n) is 3.43. The summed E-state index contributed by atoms with van der Waals surface area (Å²) in [6.45, 7) is 4.14. The van der Waals surface area contributed by atoms with Crippen LogP contribution in [0.3, 0.4) is 0 Å². The third-order valence-corrected chi connectivity index (χ3v) is 4.95. The normalized spacial score (nSPS) is 10.6. The maximum Gasteiger partial charge on any atom is 0.230 e. The number of carbonyl (C=O) groups excluding carboxylic acids is 2. The van der Waals surface area contributed by atoms with Crippen LogP contribution < -0.4 is 10.6 Å². The van der Waals surface area contributed by atoms with Crippen LogP contribution in [-0.2, 0) is 16.1 Å². The molecule has 0 aliphatic carbocycles. The number of halogens is 1. The molecule has 0 atom stereocenters. The average Bonchev–Trinajstić information content (AvgIpc) is 2.60. The lowest BCUT2D eigenvalue weighted by molar-refractivity contribution is -0.119. The number of rotatable bonds is 7. The molecule has 0 aliphatic rings. The summed E-state index contributed by atoms with van der Waals surface area (Å²) in [6, 6.07) is 14.9. The SMILES string of the molecule is CC(C)C(=O)Nc1ccc(CNC(=O)CSc2ccccc2Cl)cc1. The smallest absolute Gasteiger partial charge is 0.230 e. The van der Waals surface area contributed by atoms with Gasteiger partial charge in [-0.05, 0) is 29.8 Å². The van der Waals surface area contributed by atoms with Crippen LogP contribution >= 0.6 is 23.4 Å². The molecule has 0 radical (unpaired) electrons. The molecule has 2 rings (SSSR count). The third kappa shape index (κ3) is 6.44. The lowest BCUT2D eigenvalue weighted by Gasteiger charge is -2.09. The molecule has 0 saturated heterocycles. The Labute approximate surface area is 157 Å². The first-order valence-electron chi connectivity index (χ1n) is 7.99. The second kappa shape index (κ2) is 9.49. The molecular weight excluding hydrogens is 356 g/mol. The van der Waals surface area contributed by atoms with E-state index in [0.29, 0.717) is 17.3 Å². The number of hydrogen-bond acceptors (Lipinski definition) is 3. The fraction of sp³-hybridized carbons (Fsp3) is 0.263. The maximum atomic E-state index is 12.0. The van der Waals surface area contributed by atoms with Gasteiger partial charge in [0.25, 0.3) is 0 Å². The van der Waals surface area contributed by atoms with E-state index in [1.54, 1.807) is 6.07 Å². The molecule has 6 heteroatoms. The van der Waals surface area contributed by atoms with Crippen molar-refractivity contribution in [2.75, 3.05) is 11.1 Å². The van der Waals surface area contributed by atoms with E-state index < -0.39 is 0 Å². The summed E-state index contributed by atoms with van der Waals surface area (Å²) in [4.78, 5) is 24.5. The molecule has 132 valence electrons. The average molecular weight is 377 g/mol. The Morgan fingerprint density at radius 1 is 1.08 bits per heavy atom. The van der Waals surface area contributed by atoms with Crippen molar-refractivity contribution < 1.29 is 9.59 Å². The highest BCUT2D eigenvalue weighted by atomic mass is 35.5. The van der Waals surface area contributed by atoms with Crippen LogP contribution in [0.4, 0.5) is 5.69 Å². The van der Waals surface area contributed by atoms with Gasteiger partial charge in [0.15, 0.2) is 0 Å². The highest BCUT2D eigenvalue weighted by molar-refractivity contribution is 8.00. The van der Waals surface area contributed by atoms with Crippen LogP contribution in [0, 0.1) is 5.92 Å². The molecule has 0 spiro atoms. The quantitative estimate of drug-likeness (QED) is 0.706. The Kier molecular flexibility index (Phi) is 7.34. The molecule has 0 fully saturated rings. The fourth-order valence-electron chi connectivity index (χ4n) is 1.95. The number of anilines is 1. The Morgan fingerprint density at radius 2 is 1.76 bits per heavy atom. The molecule has 0 aliphatic heterocycles. The molecule has 25 heavy (non-hydrogen) atoms. The molecule has 2 aromatic rings. The van der Waals surface area contributed by atoms with Gasteiger partial charge in [-0.3, -0.25) is 9.59 Å². The molecule has 0 aromatic heterocycles. The number of benzene rings is 2. The maximum absolute atomic E-state index is 12.0. The lowest BCUT2D eigenvalue weighted by Crippen LogP contribution is -2.24. The molecule has 2 aromatic carbocycles. The van der Waals surface area contributed by atoms with Crippen molar-refractivity contribution in [3.63, 3.8) is 0 Å². The van der Waals surface area contributed by atoms with Crippen molar-refractivity contribution >= 4 is 40.9 Å². The van der Waals surface area contributed by atoms with Crippen LogP contribution in [0.5, 0.6) is 0 Å². The van der Waals surface area contributed by atoms with Crippen LogP contribution in [0.15, 0.2) is 53.4 Å². The number of nitrogens with one attached hydrogen (secondary N) is 2. The van der Waals surface area contributed by atoms with Crippen molar-refractivity contribution in [3.8, 4) is 0 Å². The highest BCUT2D eigenvalue weighted by Gasteiger charge is 2.08. The van der Waals surface area contributed by atoms with Crippen molar-refractivity contribution in [3.05, 3.63) is 59.1 Å². The number of hydrogen-bond donors (Lipinski definition) is 2. The summed E-state index contributed by atoms with van der Waals surface area (Å²) in [5, 5.41) is 6.36. The van der Waals surface area contributed by atoms with Gasteiger partial charge < -0.3 is 10.6 Å². The van der Waals surface area contributed by atoms with Gasteiger partial charge in [-0.15, -0.1) is 11.8 Å². The van der Waals surface area contributed by atoms with Crippen molar-refractivity contribution in [2.24, 2.45) is 5.92 Å². The monoisotopic (exact) mass is 376 g/mol. The van der Waals surface area contributed by atoms with Gasteiger partial charge in [0.2, 0.25) is 11.8 Å². The van der Waals surface area contributed by atoms with E-state index in [0.717, 1.165) is 16.1 Å². The van der Waals surface area contributed by atoms with Gasteiger partial charge in [-0.2, -0.15) is 0 Å². The van der Waals surface area contributed by atoms with E-state index in [4.69, 9.17) is 11.6 Å². The number of amides is 2. The first kappa shape index (κ1) is 19.3. The summed E-state index contributed by atoms with van der Waals surface area (Å²) in [7, 11) is 0. The summed E-state index contributed by atoms with van der Waals surface area (Å²) >= 11 is 7.48. The standard InChI is InChI=1S/C19H21ClN2O2S/c1-13(2)19(24)22-15-9-7-14(8-10-15)11-21-18(23)12-25-17-6-4-3-5-16(17)20/h3-10,13H,11-12H2,1-2H3,(H,21,23)(H,22,24). The predicted octanol–water partition coefficient (Wildman–Crippen LogP) is 4.34. The molecule has 0 bridgehead atoms. The minimum absolute atomic E-state index is 0.0161. The van der Waals surface area contributed by atoms with Crippen LogP contribution in [0.25, 0.3) is 0 Å². The summed E-state index contributed by atoms with van der Waals surface area (Å²) in [5.74, 6) is 0.182. The molecular formula is C19H21ClN2O2S. The van der Waals surface area contributed by atoms with Crippen LogP contribution in [0.1, 0.15) is 19.4 Å². The van der Waals surface area contributed by atoms with E-state index in [1.807, 2.05) is 56.3 Å². The lowest BCUT2D eigenvalue weighted by atomic mass is 10.1. The Bertz CT molecular complexity index is 732. The molecule has 0 heterocycles. The van der Waals surface area contributed by atoms with E-state index in [9.17, 15) is 9.59 Å². The number of thioether (sulfide) groups is 1. The highest BCUT2D eigenvalue weighted by Crippen LogP contribution is 2.26. The second-order valence-corrected chi connectivity index (χ2v) is 7.26. The van der Waals surface area contributed by atoms with Crippen molar-refractivity contribution in [2.45, 2.75) is 25.3 Å². The van der Waals surface area contributed by atoms with Gasteiger partial charge in [0, 0.05) is 23.0 Å². The molecule has 2 N–H and O–H groups in total. The molecule has 0 saturated carbocycles. The largest absolute Gasteiger partial charge is 0.351 e.